The lowest BCUT2D eigenvalue weighted by molar-refractivity contribution is -0.255. The molecule has 0 radical (unpaired) electrons. The molecule has 0 aliphatic heterocycles. The minimum Gasteiger partial charge on any atom is -0.744 e. The van der Waals surface area contributed by atoms with E-state index in [9.17, 15) is 32.8 Å². The van der Waals surface area contributed by atoms with Crippen molar-refractivity contribution < 1.29 is 32.8 Å². The maximum absolute atomic E-state index is 10.6. The van der Waals surface area contributed by atoms with Gasteiger partial charge in [-0.1, -0.05) is 0 Å². The van der Waals surface area contributed by atoms with Crippen LogP contribution in [0, 0.1) is 0 Å². The van der Waals surface area contributed by atoms with Gasteiger partial charge in [-0.25, -0.2) is 8.42 Å². The quantitative estimate of drug-likeness (QED) is 0.442. The van der Waals surface area contributed by atoms with Crippen LogP contribution in [0.5, 0.6) is 0 Å². The summed E-state index contributed by atoms with van der Waals surface area (Å²) in [5.41, 5.74) is -1.45. The molecule has 0 aromatic heterocycles. The van der Waals surface area contributed by atoms with Crippen molar-refractivity contribution in [2.45, 2.75) is 4.90 Å². The van der Waals surface area contributed by atoms with Gasteiger partial charge >= 0.3 is 0 Å². The van der Waals surface area contributed by atoms with Crippen molar-refractivity contribution in [3.8, 4) is 0 Å². The smallest absolute Gasteiger partial charge is 0.124 e. The predicted molar refractivity (Wildman–Crippen MR) is 135 cm³/mol. The lowest BCUT2D eigenvalue weighted by Crippen LogP contribution is -2.26. The fourth-order valence-electron chi connectivity index (χ4n) is 0.979. The van der Waals surface area contributed by atoms with Crippen molar-refractivity contribution >= 4 is 43.8 Å². The zero-order valence-corrected chi connectivity index (χ0v) is 24.3. The number of carbonyl (C=O) groups is 2. The summed E-state index contributed by atoms with van der Waals surface area (Å²) >= 11 is 0. The molecule has 0 amide bonds. The van der Waals surface area contributed by atoms with E-state index in [1.54, 1.807) is 0 Å². The van der Waals surface area contributed by atoms with Gasteiger partial charge in [0.1, 0.15) is 10.1 Å². The minimum atomic E-state index is -4.95. The molecule has 31 heavy (non-hydrogen) atoms. The predicted octanol–water partition coefficient (Wildman–Crippen LogP) is 1.89. The number of carbonyl (C=O) groups excluding carboxylic acids is 2. The Kier molecular flexibility index (Phi) is 15.6. The normalized spacial score (nSPS) is 11.5. The van der Waals surface area contributed by atoms with Gasteiger partial charge < -0.3 is 24.4 Å². The molecule has 1 aromatic rings. The third-order valence-corrected chi connectivity index (χ3v) is 2.48. The molecule has 1 aromatic carbocycles. The first-order valence-electron chi connectivity index (χ1n) is 9.12. The highest BCUT2D eigenvalue weighted by molar-refractivity contribution is 7.85. The average molecular weight is 517 g/mol. The van der Waals surface area contributed by atoms with Crippen LogP contribution in [0.25, 0.3) is 0 Å². The molecule has 0 fully saturated rings. The number of hydrogen-bond donors (Lipinski definition) is 0. The van der Waals surface area contributed by atoms with Gasteiger partial charge in [0.15, 0.2) is 0 Å². The van der Waals surface area contributed by atoms with Gasteiger partial charge in [-0.3, -0.25) is 0 Å². The highest BCUT2D eigenvalue weighted by atomic mass is 32.2. The van der Waals surface area contributed by atoms with Crippen LogP contribution in [0.3, 0.4) is 0 Å². The number of benzene rings is 1. The van der Waals surface area contributed by atoms with E-state index in [-0.39, 0.29) is 21.8 Å². The molecular formula is C20H39O7P3S. The van der Waals surface area contributed by atoms with Gasteiger partial charge in [-0.15, -0.1) is 0 Å². The molecule has 0 aliphatic carbocycles. The molecule has 0 N–H and O–H groups in total. The topological polar surface area (TPSA) is 137 Å². The van der Waals surface area contributed by atoms with Crippen molar-refractivity contribution in [2.75, 3.05) is 80.0 Å². The average Bonchev–Trinajstić information content (AvgIpc) is 2.40. The van der Waals surface area contributed by atoms with E-state index in [1.807, 2.05) is 0 Å². The second-order valence-corrected chi connectivity index (χ2v) is 28.3. The van der Waals surface area contributed by atoms with Crippen LogP contribution in [0.4, 0.5) is 0 Å². The standard InChI is InChI=1S/C8H6O7S.3C4H12P/c9-7(10)4-1-5(8(11)12)3-6(2-4)16(13,14)15;3*1-5(2,3)4/h1-3H,(H,9,10)(H,11,12)(H,13,14,15);3*1-4H3/q;3*+1/p-3. The molecule has 1 rings (SSSR count). The molecule has 0 aliphatic rings. The van der Waals surface area contributed by atoms with E-state index in [4.69, 9.17) is 0 Å². The van der Waals surface area contributed by atoms with Crippen LogP contribution in [0.1, 0.15) is 20.7 Å². The Morgan fingerprint density at radius 3 is 0.935 bits per heavy atom. The monoisotopic (exact) mass is 516 g/mol. The van der Waals surface area contributed by atoms with E-state index in [0.29, 0.717) is 18.2 Å². The first kappa shape index (κ1) is 35.0. The SMILES string of the molecule is C[P+](C)(C)C.C[P+](C)(C)C.C[P+](C)(C)C.O=C([O-])c1cc(C(=O)[O-])cc(S(=O)(=O)[O-])c1. The Hall–Kier alpha value is -0.640. The Morgan fingerprint density at radius 2 is 0.806 bits per heavy atom. The number of carboxylic acid groups (broad SMARTS) is 2. The molecule has 0 saturated heterocycles. The molecule has 7 nitrogen and oxygen atoms in total. The summed E-state index contributed by atoms with van der Waals surface area (Å²) in [4.78, 5) is 19.9. The number of rotatable bonds is 3. The molecule has 182 valence electrons. The van der Waals surface area contributed by atoms with Crippen molar-refractivity contribution in [1.82, 2.24) is 0 Å². The van der Waals surface area contributed by atoms with Crippen molar-refractivity contribution in [2.24, 2.45) is 0 Å². The Bertz CT molecular complexity index is 738. The molecule has 0 saturated carbocycles. The Balaban J connectivity index is -0.000000428. The Morgan fingerprint density at radius 1 is 0.613 bits per heavy atom. The largest absolute Gasteiger partial charge is 0.744 e. The fraction of sp³-hybridized carbons (Fsp3) is 0.600. The first-order chi connectivity index (χ1) is 13.2. The lowest BCUT2D eigenvalue weighted by Gasteiger charge is -2.13. The Labute approximate surface area is 190 Å². The molecule has 11 heteroatoms. The lowest BCUT2D eigenvalue weighted by atomic mass is 10.1. The minimum absolute atomic E-state index is 0.389. The van der Waals surface area contributed by atoms with E-state index >= 15 is 0 Å². The summed E-state index contributed by atoms with van der Waals surface area (Å²) in [5, 5.41) is 20.9. The zero-order chi connectivity index (χ0) is 26.0. The van der Waals surface area contributed by atoms with Crippen molar-refractivity contribution in [1.29, 1.82) is 0 Å². The van der Waals surface area contributed by atoms with Crippen LogP contribution in [-0.4, -0.2) is 105 Å². The zero-order valence-electron chi connectivity index (χ0n) is 20.8. The van der Waals surface area contributed by atoms with E-state index < -0.39 is 38.1 Å². The summed E-state index contributed by atoms with van der Waals surface area (Å²) in [6.45, 7) is 27.6. The summed E-state index contributed by atoms with van der Waals surface area (Å²) in [7, 11) is -6.11. The molecular weight excluding hydrogens is 477 g/mol. The summed E-state index contributed by atoms with van der Waals surface area (Å²) in [6, 6.07) is 1.67. The maximum Gasteiger partial charge on any atom is 0.124 e. The number of hydrogen-bond acceptors (Lipinski definition) is 7. The van der Waals surface area contributed by atoms with Gasteiger partial charge in [0.25, 0.3) is 0 Å². The van der Waals surface area contributed by atoms with Crippen LogP contribution >= 0.6 is 21.8 Å². The van der Waals surface area contributed by atoms with Crippen LogP contribution in [0.2, 0.25) is 0 Å². The van der Waals surface area contributed by atoms with Gasteiger partial charge in [-0.05, 0) is 29.3 Å². The molecule has 0 spiro atoms. The second kappa shape index (κ2) is 13.8. The van der Waals surface area contributed by atoms with E-state index in [0.717, 1.165) is 0 Å². The first-order valence-corrected chi connectivity index (χ1v) is 21.3. The van der Waals surface area contributed by atoms with E-state index in [2.05, 4.69) is 80.0 Å². The van der Waals surface area contributed by atoms with Crippen LogP contribution in [0.15, 0.2) is 23.1 Å². The van der Waals surface area contributed by atoms with Crippen LogP contribution in [-0.2, 0) is 10.1 Å². The van der Waals surface area contributed by atoms with Gasteiger partial charge in [0, 0.05) is 102 Å². The molecule has 0 heterocycles. The van der Waals surface area contributed by atoms with Crippen molar-refractivity contribution in [3.05, 3.63) is 29.3 Å². The molecule has 0 atom stereocenters. The fourth-order valence-corrected chi connectivity index (χ4v) is 1.52. The number of carboxylic acids is 2. The van der Waals surface area contributed by atoms with Gasteiger partial charge in [-0.2, -0.15) is 0 Å². The second-order valence-electron chi connectivity index (χ2n) is 10.8. The maximum atomic E-state index is 10.6. The summed E-state index contributed by atoms with van der Waals surface area (Å²) in [6.07, 6.45) is 0. The van der Waals surface area contributed by atoms with Gasteiger partial charge in [0.2, 0.25) is 0 Å². The van der Waals surface area contributed by atoms with Crippen LogP contribution < -0.4 is 10.2 Å². The summed E-state index contributed by atoms with van der Waals surface area (Å²) < 4.78 is 31.8. The number of aromatic carboxylic acids is 2. The molecule has 0 unspecified atom stereocenters. The summed E-state index contributed by atoms with van der Waals surface area (Å²) in [5.74, 6) is -3.60. The van der Waals surface area contributed by atoms with Crippen molar-refractivity contribution in [3.63, 3.8) is 0 Å². The highest BCUT2D eigenvalue weighted by Crippen LogP contribution is 2.41. The third kappa shape index (κ3) is 34.2. The highest BCUT2D eigenvalue weighted by Gasteiger charge is 2.08. The van der Waals surface area contributed by atoms with E-state index in [1.165, 1.54) is 0 Å². The molecule has 0 bridgehead atoms. The van der Waals surface area contributed by atoms with Gasteiger partial charge in [0.05, 0.1) is 16.8 Å². The third-order valence-electron chi connectivity index (χ3n) is 1.67.